The highest BCUT2D eigenvalue weighted by molar-refractivity contribution is 6.27. The molecule has 3 rings (SSSR count). The number of carbonyl (C=O) groups excluding carboxylic acids is 4. The summed E-state index contributed by atoms with van der Waals surface area (Å²) in [6, 6.07) is 4.13. The van der Waals surface area contributed by atoms with Crippen LogP contribution in [0.2, 0.25) is 0 Å². The van der Waals surface area contributed by atoms with Crippen molar-refractivity contribution < 1.29 is 37.1 Å². The molecule has 1 N–H and O–H groups in total. The summed E-state index contributed by atoms with van der Waals surface area (Å²) < 4.78 is 44.2. The summed E-state index contributed by atoms with van der Waals surface area (Å²) in [7, 11) is 3.48. The molecule has 2 heterocycles. The monoisotopic (exact) mass is 440 g/mol. The number of urea groups is 1. The first-order valence-electron chi connectivity index (χ1n) is 8.56. The zero-order valence-corrected chi connectivity index (χ0v) is 16.3. The van der Waals surface area contributed by atoms with Crippen LogP contribution in [0.1, 0.15) is 5.82 Å². The van der Waals surface area contributed by atoms with Gasteiger partial charge in [0.1, 0.15) is 5.75 Å². The first-order valence-corrected chi connectivity index (χ1v) is 8.56. The molecule has 0 saturated carbocycles. The number of alkyl halides is 3. The maximum atomic E-state index is 12.7. The van der Waals surface area contributed by atoms with Crippen molar-refractivity contribution in [3.63, 3.8) is 0 Å². The van der Waals surface area contributed by atoms with Gasteiger partial charge in [-0.3, -0.25) is 24.2 Å². The number of benzene rings is 1. The van der Waals surface area contributed by atoms with Crippen molar-refractivity contribution in [2.45, 2.75) is 6.18 Å². The summed E-state index contributed by atoms with van der Waals surface area (Å²) >= 11 is 0. The molecule has 0 radical (unpaired) electrons. The number of hydrogen-bond acceptors (Lipinski definition) is 7. The molecule has 164 valence electrons. The first-order chi connectivity index (χ1) is 14.4. The standard InChI is InChI=1S/C17H15F3N6O5/c1-24-12(28)10(13(29)25(2)16(24)30)11(27)21-8-5-4-6-9(7-8)31-15-22-14(17(18,19)20)23-26(15)3/h4-7,10H,1-3H3,(H,21,27). The number of rotatable bonds is 4. The lowest BCUT2D eigenvalue weighted by molar-refractivity contribution is -0.151. The SMILES string of the molecule is CN1C(=O)C(C(=O)Nc2cccc(Oc3nc(C(F)(F)F)nn3C)c2)C(=O)N(C)C1=O. The Morgan fingerprint density at radius 3 is 2.26 bits per heavy atom. The van der Waals surface area contributed by atoms with Crippen molar-refractivity contribution in [2.24, 2.45) is 13.0 Å². The Bertz CT molecular complexity index is 1060. The number of ether oxygens (including phenoxy) is 1. The summed E-state index contributed by atoms with van der Waals surface area (Å²) in [5.74, 6) is -6.12. The molecule has 0 spiro atoms. The van der Waals surface area contributed by atoms with Crippen molar-refractivity contribution in [3.05, 3.63) is 30.1 Å². The molecule has 1 aliphatic heterocycles. The van der Waals surface area contributed by atoms with Gasteiger partial charge in [-0.25, -0.2) is 9.48 Å². The Labute approximate surface area is 172 Å². The fraction of sp³-hybridized carbons (Fsp3) is 0.294. The van der Waals surface area contributed by atoms with E-state index in [1.807, 2.05) is 0 Å². The van der Waals surface area contributed by atoms with Crippen LogP contribution in [0.5, 0.6) is 11.8 Å². The number of amides is 5. The Morgan fingerprint density at radius 2 is 1.71 bits per heavy atom. The highest BCUT2D eigenvalue weighted by Gasteiger charge is 2.46. The molecule has 1 aromatic carbocycles. The largest absolute Gasteiger partial charge is 0.453 e. The number of anilines is 1. The van der Waals surface area contributed by atoms with Gasteiger partial charge in [-0.2, -0.15) is 18.2 Å². The molecule has 0 aliphatic carbocycles. The number of carbonyl (C=O) groups is 4. The molecular weight excluding hydrogens is 425 g/mol. The third kappa shape index (κ3) is 4.17. The first kappa shape index (κ1) is 21.7. The molecule has 31 heavy (non-hydrogen) atoms. The van der Waals surface area contributed by atoms with Crippen LogP contribution in [0.15, 0.2) is 24.3 Å². The van der Waals surface area contributed by atoms with Crippen LogP contribution in [-0.4, -0.2) is 62.4 Å². The third-order valence-corrected chi connectivity index (χ3v) is 4.28. The predicted octanol–water partition coefficient (Wildman–Crippen LogP) is 1.23. The number of nitrogens with zero attached hydrogens (tertiary/aromatic N) is 5. The molecule has 1 aliphatic rings. The van der Waals surface area contributed by atoms with Gasteiger partial charge in [0.2, 0.25) is 5.91 Å². The van der Waals surface area contributed by atoms with Gasteiger partial charge in [-0.15, -0.1) is 5.10 Å². The molecule has 0 atom stereocenters. The number of barbiturate groups is 1. The molecule has 14 heteroatoms. The van der Waals surface area contributed by atoms with Crippen LogP contribution in [0.3, 0.4) is 0 Å². The Kier molecular flexibility index (Phi) is 5.40. The Balaban J connectivity index is 1.77. The molecule has 2 aromatic rings. The average molecular weight is 440 g/mol. The van der Waals surface area contributed by atoms with Crippen LogP contribution in [0.4, 0.5) is 23.7 Å². The zero-order valence-electron chi connectivity index (χ0n) is 16.3. The number of hydrogen-bond donors (Lipinski definition) is 1. The van der Waals surface area contributed by atoms with E-state index in [0.29, 0.717) is 9.80 Å². The molecule has 1 saturated heterocycles. The van der Waals surface area contributed by atoms with Gasteiger partial charge >= 0.3 is 18.2 Å². The van der Waals surface area contributed by atoms with Crippen molar-refractivity contribution >= 4 is 29.4 Å². The highest BCUT2D eigenvalue weighted by Crippen LogP contribution is 2.29. The summed E-state index contributed by atoms with van der Waals surface area (Å²) in [5, 5.41) is 5.57. The van der Waals surface area contributed by atoms with Gasteiger partial charge in [0.15, 0.2) is 5.92 Å². The van der Waals surface area contributed by atoms with Crippen LogP contribution < -0.4 is 10.1 Å². The molecule has 0 bridgehead atoms. The van der Waals surface area contributed by atoms with Crippen LogP contribution in [-0.2, 0) is 27.6 Å². The van der Waals surface area contributed by atoms with E-state index in [-0.39, 0.29) is 11.4 Å². The van der Waals surface area contributed by atoms with Gasteiger partial charge in [-0.05, 0) is 12.1 Å². The summed E-state index contributed by atoms with van der Waals surface area (Å²) in [5.41, 5.74) is 0.0866. The predicted molar refractivity (Wildman–Crippen MR) is 95.6 cm³/mol. The van der Waals surface area contributed by atoms with Crippen molar-refractivity contribution in [1.82, 2.24) is 24.6 Å². The number of halogens is 3. The number of imide groups is 2. The van der Waals surface area contributed by atoms with E-state index in [0.717, 1.165) is 18.8 Å². The molecule has 11 nitrogen and oxygen atoms in total. The van der Waals surface area contributed by atoms with Crippen LogP contribution in [0.25, 0.3) is 0 Å². The van der Waals surface area contributed by atoms with Gasteiger partial charge in [0.25, 0.3) is 17.6 Å². The quantitative estimate of drug-likeness (QED) is 0.709. The van der Waals surface area contributed by atoms with E-state index in [9.17, 15) is 32.3 Å². The van der Waals surface area contributed by atoms with Gasteiger partial charge < -0.3 is 10.1 Å². The molecule has 5 amide bonds. The van der Waals surface area contributed by atoms with E-state index < -0.39 is 47.7 Å². The number of aromatic nitrogens is 3. The Morgan fingerprint density at radius 1 is 1.10 bits per heavy atom. The van der Waals surface area contributed by atoms with E-state index >= 15 is 0 Å². The lowest BCUT2D eigenvalue weighted by Crippen LogP contribution is -2.59. The lowest BCUT2D eigenvalue weighted by atomic mass is 10.0. The summed E-state index contributed by atoms with van der Waals surface area (Å²) in [6.45, 7) is 0. The average Bonchev–Trinajstić information content (AvgIpc) is 3.06. The molecule has 0 unspecified atom stereocenters. The van der Waals surface area contributed by atoms with E-state index in [1.165, 1.54) is 31.3 Å². The minimum absolute atomic E-state index is 0.00716. The normalized spacial score (nSPS) is 15.5. The maximum Gasteiger partial charge on any atom is 0.453 e. The maximum absolute atomic E-state index is 12.7. The van der Waals surface area contributed by atoms with E-state index in [4.69, 9.17) is 4.74 Å². The fourth-order valence-electron chi connectivity index (χ4n) is 2.67. The van der Waals surface area contributed by atoms with Gasteiger partial charge in [0, 0.05) is 32.9 Å². The topological polar surface area (TPSA) is 127 Å². The van der Waals surface area contributed by atoms with Gasteiger partial charge in [0.05, 0.1) is 0 Å². The second-order valence-electron chi connectivity index (χ2n) is 6.47. The summed E-state index contributed by atoms with van der Waals surface area (Å²) in [6.07, 6.45) is -4.75. The van der Waals surface area contributed by atoms with E-state index in [1.54, 1.807) is 0 Å². The zero-order chi connectivity index (χ0) is 23.1. The molecule has 1 aromatic heterocycles. The fourth-order valence-corrected chi connectivity index (χ4v) is 2.67. The van der Waals surface area contributed by atoms with Gasteiger partial charge in [-0.1, -0.05) is 6.07 Å². The van der Waals surface area contributed by atoms with Crippen molar-refractivity contribution in [2.75, 3.05) is 19.4 Å². The molecular formula is C17H15F3N6O5. The van der Waals surface area contributed by atoms with Crippen LogP contribution in [0, 0.1) is 5.92 Å². The lowest BCUT2D eigenvalue weighted by Gasteiger charge is -2.32. The molecule has 1 fully saturated rings. The van der Waals surface area contributed by atoms with Crippen LogP contribution >= 0.6 is 0 Å². The second kappa shape index (κ2) is 7.70. The van der Waals surface area contributed by atoms with Crippen molar-refractivity contribution in [3.8, 4) is 11.8 Å². The van der Waals surface area contributed by atoms with E-state index in [2.05, 4.69) is 15.4 Å². The number of nitrogens with one attached hydrogen (secondary N) is 1. The smallest absolute Gasteiger partial charge is 0.424 e. The highest BCUT2D eigenvalue weighted by atomic mass is 19.4. The minimum atomic E-state index is -4.75. The second-order valence-corrected chi connectivity index (χ2v) is 6.47. The summed E-state index contributed by atoms with van der Waals surface area (Å²) in [4.78, 5) is 53.3. The Hall–Kier alpha value is -3.97. The number of aryl methyl sites for hydroxylation is 1. The minimum Gasteiger partial charge on any atom is -0.424 e. The third-order valence-electron chi connectivity index (χ3n) is 4.28. The van der Waals surface area contributed by atoms with Crippen molar-refractivity contribution in [1.29, 1.82) is 0 Å².